The lowest BCUT2D eigenvalue weighted by molar-refractivity contribution is -0.132. The summed E-state index contributed by atoms with van der Waals surface area (Å²) in [5, 5.41) is 43.7. The molecular formula is C46H93NO5. The number of hydrogen-bond acceptors (Lipinski definition) is 5. The van der Waals surface area contributed by atoms with Gasteiger partial charge in [-0.05, 0) is 12.8 Å². The predicted molar refractivity (Wildman–Crippen MR) is 224 cm³/mol. The number of amides is 1. The molecule has 5 N–H and O–H groups in total. The second kappa shape index (κ2) is 41.5. The Bertz CT molecular complexity index is 706. The van der Waals surface area contributed by atoms with E-state index in [0.29, 0.717) is 12.8 Å². The van der Waals surface area contributed by atoms with E-state index in [1.165, 1.54) is 193 Å². The highest BCUT2D eigenvalue weighted by Crippen LogP contribution is 2.18. The topological polar surface area (TPSA) is 110 Å². The lowest BCUT2D eigenvalue weighted by Gasteiger charge is -2.27. The average Bonchev–Trinajstić information content (AvgIpc) is 3.15. The average molecular weight is 740 g/mol. The van der Waals surface area contributed by atoms with E-state index < -0.39 is 36.9 Å². The van der Waals surface area contributed by atoms with Gasteiger partial charge in [-0.2, -0.15) is 0 Å². The summed E-state index contributed by atoms with van der Waals surface area (Å²) in [5.74, 6) is -0.579. The Labute approximate surface area is 324 Å². The van der Waals surface area contributed by atoms with E-state index >= 15 is 0 Å². The van der Waals surface area contributed by atoms with Crippen LogP contribution in [-0.4, -0.2) is 57.3 Å². The van der Waals surface area contributed by atoms with Gasteiger partial charge in [-0.25, -0.2) is 0 Å². The van der Waals surface area contributed by atoms with Crippen LogP contribution in [0.2, 0.25) is 0 Å². The van der Waals surface area contributed by atoms with Crippen LogP contribution in [0.25, 0.3) is 0 Å². The van der Waals surface area contributed by atoms with Gasteiger partial charge in [0.05, 0.1) is 18.8 Å². The first-order valence-electron chi connectivity index (χ1n) is 23.4. The van der Waals surface area contributed by atoms with Crippen LogP contribution in [0.15, 0.2) is 0 Å². The first-order chi connectivity index (χ1) is 25.5. The Hall–Kier alpha value is -0.690. The lowest BCUT2D eigenvalue weighted by atomic mass is 9.99. The van der Waals surface area contributed by atoms with Gasteiger partial charge in [-0.1, -0.05) is 245 Å². The lowest BCUT2D eigenvalue weighted by Crippen LogP contribution is -2.53. The van der Waals surface area contributed by atoms with Crippen molar-refractivity contribution in [1.82, 2.24) is 5.32 Å². The van der Waals surface area contributed by atoms with Crippen molar-refractivity contribution in [3.63, 3.8) is 0 Å². The zero-order valence-corrected chi connectivity index (χ0v) is 35.1. The summed E-state index contributed by atoms with van der Waals surface area (Å²) >= 11 is 0. The number of unbranched alkanes of at least 4 members (excludes halogenated alkanes) is 34. The molecule has 0 aliphatic carbocycles. The van der Waals surface area contributed by atoms with Crippen molar-refractivity contribution in [3.8, 4) is 0 Å². The normalized spacial score (nSPS) is 14.0. The van der Waals surface area contributed by atoms with Crippen LogP contribution in [0.3, 0.4) is 0 Å². The minimum atomic E-state index is -1.25. The van der Waals surface area contributed by atoms with E-state index in [1.54, 1.807) is 0 Å². The van der Waals surface area contributed by atoms with Gasteiger partial charge in [0, 0.05) is 0 Å². The van der Waals surface area contributed by atoms with Crippen LogP contribution in [-0.2, 0) is 4.79 Å². The van der Waals surface area contributed by atoms with Gasteiger partial charge in [-0.15, -0.1) is 0 Å². The molecule has 4 unspecified atom stereocenters. The Kier molecular flexibility index (Phi) is 40.9. The number of carbonyl (C=O) groups is 1. The second-order valence-electron chi connectivity index (χ2n) is 16.5. The molecule has 52 heavy (non-hydrogen) atoms. The van der Waals surface area contributed by atoms with Crippen molar-refractivity contribution >= 4 is 5.91 Å². The van der Waals surface area contributed by atoms with Crippen molar-refractivity contribution < 1.29 is 25.2 Å². The molecule has 0 heterocycles. The Morgan fingerprint density at radius 3 is 0.923 bits per heavy atom. The summed E-state index contributed by atoms with van der Waals surface area (Å²) in [6.07, 6.45) is 44.2. The van der Waals surface area contributed by atoms with Crippen LogP contribution in [0.4, 0.5) is 0 Å². The van der Waals surface area contributed by atoms with E-state index in [0.717, 1.165) is 38.5 Å². The number of rotatable bonds is 43. The third-order valence-electron chi connectivity index (χ3n) is 11.3. The fourth-order valence-corrected chi connectivity index (χ4v) is 7.58. The molecule has 0 aromatic carbocycles. The first-order valence-corrected chi connectivity index (χ1v) is 23.4. The SMILES string of the molecule is CCCCCCCCCCCCCCCCCCCCCCCCC(O)C(O)C(CO)NC(=O)C(O)CCCCCCCCCCCCCCCC. The molecule has 0 aromatic rings. The highest BCUT2D eigenvalue weighted by molar-refractivity contribution is 5.80. The third kappa shape index (κ3) is 35.0. The molecule has 0 aromatic heterocycles. The predicted octanol–water partition coefficient (Wildman–Crippen LogP) is 12.4. The zero-order valence-electron chi connectivity index (χ0n) is 35.1. The van der Waals surface area contributed by atoms with Gasteiger partial charge in [0.2, 0.25) is 5.91 Å². The summed E-state index contributed by atoms with van der Waals surface area (Å²) in [5.41, 5.74) is 0. The van der Waals surface area contributed by atoms with Crippen molar-refractivity contribution in [2.45, 2.75) is 282 Å². The van der Waals surface area contributed by atoms with Gasteiger partial charge < -0.3 is 25.7 Å². The molecule has 0 saturated heterocycles. The van der Waals surface area contributed by atoms with Gasteiger partial charge in [0.1, 0.15) is 12.2 Å². The van der Waals surface area contributed by atoms with Crippen LogP contribution in [0.5, 0.6) is 0 Å². The van der Waals surface area contributed by atoms with Crippen LogP contribution in [0.1, 0.15) is 258 Å². The van der Waals surface area contributed by atoms with Crippen LogP contribution in [0, 0.1) is 0 Å². The molecule has 6 heteroatoms. The highest BCUT2D eigenvalue weighted by atomic mass is 16.3. The van der Waals surface area contributed by atoms with E-state index in [9.17, 15) is 25.2 Å². The summed E-state index contributed by atoms with van der Waals surface area (Å²) in [4.78, 5) is 12.5. The fourth-order valence-electron chi connectivity index (χ4n) is 7.58. The summed E-state index contributed by atoms with van der Waals surface area (Å²) < 4.78 is 0. The Morgan fingerprint density at radius 1 is 0.404 bits per heavy atom. The van der Waals surface area contributed by atoms with Gasteiger partial charge in [0.25, 0.3) is 0 Å². The summed E-state index contributed by atoms with van der Waals surface area (Å²) in [7, 11) is 0. The van der Waals surface area contributed by atoms with Crippen molar-refractivity contribution in [1.29, 1.82) is 0 Å². The minimum absolute atomic E-state index is 0.375. The second-order valence-corrected chi connectivity index (χ2v) is 16.5. The quantitative estimate of drug-likeness (QED) is 0.0400. The molecule has 6 nitrogen and oxygen atoms in total. The molecule has 0 aliphatic rings. The molecule has 1 amide bonds. The zero-order chi connectivity index (χ0) is 38.2. The molecule has 0 spiro atoms. The molecule has 312 valence electrons. The molecule has 0 aliphatic heterocycles. The van der Waals surface area contributed by atoms with E-state index in [2.05, 4.69) is 19.2 Å². The van der Waals surface area contributed by atoms with E-state index in [1.807, 2.05) is 0 Å². The maximum absolute atomic E-state index is 12.5. The van der Waals surface area contributed by atoms with E-state index in [-0.39, 0.29) is 0 Å². The van der Waals surface area contributed by atoms with Gasteiger partial charge in [0.15, 0.2) is 0 Å². The molecule has 0 radical (unpaired) electrons. The van der Waals surface area contributed by atoms with Crippen molar-refractivity contribution in [2.24, 2.45) is 0 Å². The van der Waals surface area contributed by atoms with Crippen molar-refractivity contribution in [2.75, 3.05) is 6.61 Å². The monoisotopic (exact) mass is 740 g/mol. The third-order valence-corrected chi connectivity index (χ3v) is 11.3. The Balaban J connectivity index is 3.65. The smallest absolute Gasteiger partial charge is 0.249 e. The number of aliphatic hydroxyl groups excluding tert-OH is 4. The molecule has 4 atom stereocenters. The number of carbonyl (C=O) groups excluding carboxylic acids is 1. The number of aliphatic hydroxyl groups is 4. The van der Waals surface area contributed by atoms with Gasteiger partial charge >= 0.3 is 0 Å². The summed E-state index contributed by atoms with van der Waals surface area (Å²) in [6.45, 7) is 4.07. The molecule has 0 saturated carbocycles. The maximum Gasteiger partial charge on any atom is 0.249 e. The highest BCUT2D eigenvalue weighted by Gasteiger charge is 2.28. The first kappa shape index (κ1) is 51.3. The molecular weight excluding hydrogens is 647 g/mol. The molecule has 0 rings (SSSR count). The standard InChI is InChI=1S/C46H93NO5/c1-3-5-7-9-11-13-15-17-19-20-21-22-23-24-25-26-28-29-31-33-35-37-39-43(49)45(51)42(41-48)47-46(52)44(50)40-38-36-34-32-30-27-18-16-14-12-10-8-6-4-2/h42-45,48-51H,3-41H2,1-2H3,(H,47,52). The molecule has 0 fully saturated rings. The van der Waals surface area contributed by atoms with Crippen LogP contribution >= 0.6 is 0 Å². The number of hydrogen-bond donors (Lipinski definition) is 5. The summed E-state index contributed by atoms with van der Waals surface area (Å²) in [6, 6.07) is -0.979. The number of nitrogens with one attached hydrogen (secondary N) is 1. The Morgan fingerprint density at radius 2 is 0.654 bits per heavy atom. The minimum Gasteiger partial charge on any atom is -0.394 e. The van der Waals surface area contributed by atoms with Gasteiger partial charge in [-0.3, -0.25) is 4.79 Å². The van der Waals surface area contributed by atoms with Crippen molar-refractivity contribution in [3.05, 3.63) is 0 Å². The van der Waals surface area contributed by atoms with E-state index in [4.69, 9.17) is 0 Å². The largest absolute Gasteiger partial charge is 0.394 e. The maximum atomic E-state index is 12.5. The van der Waals surface area contributed by atoms with Crippen LogP contribution < -0.4 is 5.32 Å². The molecule has 0 bridgehead atoms. The fraction of sp³-hybridized carbons (Fsp3) is 0.978.